The molecule has 0 fully saturated rings. The van der Waals surface area contributed by atoms with Crippen molar-refractivity contribution in [3.63, 3.8) is 0 Å². The van der Waals surface area contributed by atoms with Crippen LogP contribution in [0.1, 0.15) is 0 Å². The number of hydrogen-bond donors (Lipinski definition) is 2. The number of nitrogens with two attached hydrogens (primary N) is 1. The lowest BCUT2D eigenvalue weighted by Crippen LogP contribution is -2.22. The standard InChI is InChI=1S/C20H14Cl2N4O4S3/c21-14-8-12(33(23,29)30)9-15(22)17(14)24-16(27)10-32-20-25-18-13(6-7-31-18)19(28)26(20)11-4-2-1-3-5-11/h1-9H,10H2,(H,24,27)(H2,23,29,30). The van der Waals surface area contributed by atoms with Crippen LogP contribution in [0.15, 0.2) is 68.8 Å². The number of hydrogen-bond acceptors (Lipinski definition) is 7. The van der Waals surface area contributed by atoms with E-state index in [4.69, 9.17) is 28.3 Å². The number of halogens is 2. The number of sulfonamides is 1. The fourth-order valence-electron chi connectivity index (χ4n) is 2.94. The molecule has 8 nitrogen and oxygen atoms in total. The SMILES string of the molecule is NS(=O)(=O)c1cc(Cl)c(NC(=O)CSc2nc3sccc3c(=O)n2-c2ccccc2)c(Cl)c1. The molecule has 0 aliphatic carbocycles. The molecule has 0 spiro atoms. The van der Waals surface area contributed by atoms with E-state index in [9.17, 15) is 18.0 Å². The van der Waals surface area contributed by atoms with Crippen LogP contribution in [0.2, 0.25) is 10.0 Å². The van der Waals surface area contributed by atoms with E-state index in [2.05, 4.69) is 10.3 Å². The van der Waals surface area contributed by atoms with E-state index in [1.54, 1.807) is 35.7 Å². The third-order valence-electron chi connectivity index (χ3n) is 4.42. The normalized spacial score (nSPS) is 11.6. The molecule has 170 valence electrons. The molecule has 2 aromatic carbocycles. The van der Waals surface area contributed by atoms with E-state index in [0.717, 1.165) is 23.9 Å². The molecule has 2 heterocycles. The molecular weight excluding hydrogens is 527 g/mol. The van der Waals surface area contributed by atoms with E-state index < -0.39 is 15.9 Å². The number of benzene rings is 2. The van der Waals surface area contributed by atoms with E-state index in [-0.39, 0.29) is 31.9 Å². The van der Waals surface area contributed by atoms with Gasteiger partial charge in [0.05, 0.1) is 37.5 Å². The summed E-state index contributed by atoms with van der Waals surface area (Å²) in [5, 5.41) is 10.1. The minimum absolute atomic E-state index is 0.0541. The predicted octanol–water partition coefficient (Wildman–Crippen LogP) is 4.13. The molecule has 0 radical (unpaired) electrons. The number of para-hydroxylation sites is 1. The summed E-state index contributed by atoms with van der Waals surface area (Å²) < 4.78 is 24.5. The first-order valence-electron chi connectivity index (χ1n) is 9.15. The summed E-state index contributed by atoms with van der Waals surface area (Å²) in [4.78, 5) is 30.5. The average Bonchev–Trinajstić information content (AvgIpc) is 3.24. The Labute approximate surface area is 206 Å². The van der Waals surface area contributed by atoms with Crippen molar-refractivity contribution in [3.05, 3.63) is 74.3 Å². The number of amides is 1. The number of carbonyl (C=O) groups is 1. The van der Waals surface area contributed by atoms with Crippen molar-refractivity contribution >= 4 is 78.1 Å². The Bertz CT molecular complexity index is 1510. The number of nitrogens with zero attached hydrogens (tertiary/aromatic N) is 2. The zero-order chi connectivity index (χ0) is 23.8. The van der Waals surface area contributed by atoms with Gasteiger partial charge in [-0.25, -0.2) is 18.5 Å². The Kier molecular flexibility index (Phi) is 6.80. The third kappa shape index (κ3) is 5.08. The van der Waals surface area contributed by atoms with Crippen molar-refractivity contribution in [1.29, 1.82) is 0 Å². The molecular formula is C20H14Cl2N4O4S3. The number of anilines is 1. The monoisotopic (exact) mass is 540 g/mol. The van der Waals surface area contributed by atoms with Gasteiger partial charge in [-0.1, -0.05) is 53.2 Å². The van der Waals surface area contributed by atoms with Crippen molar-refractivity contribution < 1.29 is 13.2 Å². The first-order valence-corrected chi connectivity index (χ1v) is 13.3. The zero-order valence-electron chi connectivity index (χ0n) is 16.5. The molecule has 3 N–H and O–H groups in total. The first-order chi connectivity index (χ1) is 15.6. The second-order valence-corrected chi connectivity index (χ2v) is 10.9. The van der Waals surface area contributed by atoms with E-state index in [1.165, 1.54) is 15.9 Å². The van der Waals surface area contributed by atoms with Crippen LogP contribution in [0.25, 0.3) is 15.9 Å². The maximum atomic E-state index is 13.1. The van der Waals surface area contributed by atoms with Crippen LogP contribution < -0.4 is 16.0 Å². The lowest BCUT2D eigenvalue weighted by molar-refractivity contribution is -0.113. The molecule has 0 bridgehead atoms. The van der Waals surface area contributed by atoms with Crippen LogP contribution >= 0.6 is 46.3 Å². The second kappa shape index (κ2) is 9.45. The molecule has 0 aliphatic heterocycles. The van der Waals surface area contributed by atoms with Gasteiger partial charge in [-0.15, -0.1) is 11.3 Å². The number of carbonyl (C=O) groups excluding carboxylic acids is 1. The Morgan fingerprint density at radius 1 is 1.15 bits per heavy atom. The van der Waals surface area contributed by atoms with Gasteiger partial charge in [0.1, 0.15) is 4.83 Å². The van der Waals surface area contributed by atoms with Crippen LogP contribution in [-0.2, 0) is 14.8 Å². The molecule has 0 saturated carbocycles. The first kappa shape index (κ1) is 23.7. The van der Waals surface area contributed by atoms with Crippen molar-refractivity contribution in [3.8, 4) is 5.69 Å². The van der Waals surface area contributed by atoms with E-state index in [0.29, 0.717) is 21.1 Å². The zero-order valence-corrected chi connectivity index (χ0v) is 20.5. The fourth-order valence-corrected chi connectivity index (χ4v) is 5.83. The van der Waals surface area contributed by atoms with Gasteiger partial charge in [0.15, 0.2) is 5.16 Å². The molecule has 0 unspecified atom stereocenters. The number of thiophene rings is 1. The highest BCUT2D eigenvalue weighted by molar-refractivity contribution is 7.99. The number of aromatic nitrogens is 2. The molecule has 0 atom stereocenters. The van der Waals surface area contributed by atoms with Gasteiger partial charge in [-0.2, -0.15) is 0 Å². The summed E-state index contributed by atoms with van der Waals surface area (Å²) in [5.41, 5.74) is 0.439. The quantitative estimate of drug-likeness (QED) is 0.280. The molecule has 2 aromatic heterocycles. The van der Waals surface area contributed by atoms with Gasteiger partial charge >= 0.3 is 0 Å². The van der Waals surface area contributed by atoms with E-state index in [1.807, 2.05) is 6.07 Å². The van der Waals surface area contributed by atoms with E-state index >= 15 is 0 Å². The average molecular weight is 541 g/mol. The summed E-state index contributed by atoms with van der Waals surface area (Å²) in [6, 6.07) is 12.9. The maximum absolute atomic E-state index is 13.1. The Balaban J connectivity index is 1.61. The summed E-state index contributed by atoms with van der Waals surface area (Å²) >= 11 is 14.6. The Hall–Kier alpha value is -2.41. The van der Waals surface area contributed by atoms with Crippen LogP contribution in [0.4, 0.5) is 5.69 Å². The molecule has 0 aliphatic rings. The van der Waals surface area contributed by atoms with Crippen molar-refractivity contribution in [2.75, 3.05) is 11.1 Å². The van der Waals surface area contributed by atoms with Crippen molar-refractivity contribution in [1.82, 2.24) is 9.55 Å². The minimum Gasteiger partial charge on any atom is -0.323 e. The van der Waals surface area contributed by atoms with Crippen LogP contribution in [0, 0.1) is 0 Å². The van der Waals surface area contributed by atoms with Gasteiger partial charge in [0.2, 0.25) is 15.9 Å². The number of thioether (sulfide) groups is 1. The van der Waals surface area contributed by atoms with Gasteiger partial charge < -0.3 is 5.32 Å². The minimum atomic E-state index is -4.01. The molecule has 4 rings (SSSR count). The number of fused-ring (bicyclic) bond motifs is 1. The lowest BCUT2D eigenvalue weighted by Gasteiger charge is -2.13. The highest BCUT2D eigenvalue weighted by atomic mass is 35.5. The van der Waals surface area contributed by atoms with Gasteiger partial charge in [-0.3, -0.25) is 14.2 Å². The molecule has 33 heavy (non-hydrogen) atoms. The van der Waals surface area contributed by atoms with Crippen molar-refractivity contribution in [2.24, 2.45) is 5.14 Å². The topological polar surface area (TPSA) is 124 Å². The number of primary sulfonamides is 1. The summed E-state index contributed by atoms with van der Waals surface area (Å²) in [6.07, 6.45) is 0. The fraction of sp³-hybridized carbons (Fsp3) is 0.0500. The number of rotatable bonds is 6. The largest absolute Gasteiger partial charge is 0.323 e. The second-order valence-electron chi connectivity index (χ2n) is 6.65. The predicted molar refractivity (Wildman–Crippen MR) is 132 cm³/mol. The van der Waals surface area contributed by atoms with Crippen LogP contribution in [0.3, 0.4) is 0 Å². The molecule has 0 saturated heterocycles. The van der Waals surface area contributed by atoms with Crippen molar-refractivity contribution in [2.45, 2.75) is 10.1 Å². The van der Waals surface area contributed by atoms with Crippen LogP contribution in [0.5, 0.6) is 0 Å². The molecule has 4 aromatic rings. The van der Waals surface area contributed by atoms with Gasteiger partial charge in [-0.05, 0) is 35.7 Å². The maximum Gasteiger partial charge on any atom is 0.267 e. The Morgan fingerprint density at radius 2 is 1.82 bits per heavy atom. The highest BCUT2D eigenvalue weighted by Gasteiger charge is 2.19. The summed E-state index contributed by atoms with van der Waals surface area (Å²) in [5.74, 6) is -0.591. The summed E-state index contributed by atoms with van der Waals surface area (Å²) in [6.45, 7) is 0. The lowest BCUT2D eigenvalue weighted by atomic mass is 10.3. The third-order valence-corrected chi connectivity index (χ3v) is 7.66. The summed E-state index contributed by atoms with van der Waals surface area (Å²) in [7, 11) is -4.01. The molecule has 1 amide bonds. The molecule has 13 heteroatoms. The van der Waals surface area contributed by atoms with Crippen LogP contribution in [-0.4, -0.2) is 29.6 Å². The number of nitrogens with one attached hydrogen (secondary N) is 1. The smallest absolute Gasteiger partial charge is 0.267 e. The Morgan fingerprint density at radius 3 is 2.45 bits per heavy atom. The van der Waals surface area contributed by atoms with Gasteiger partial charge in [0, 0.05) is 0 Å². The highest BCUT2D eigenvalue weighted by Crippen LogP contribution is 2.33. The van der Waals surface area contributed by atoms with Gasteiger partial charge in [0.25, 0.3) is 5.56 Å².